The SMILES string of the molecule is Cc1cnc(C(=O)c2ccnc3[nH]ccc23)c(NS(=O)(=O)c2cc(C)c(Cl)c(C(F)(F)F)c2)c1. The number of aromatic nitrogens is 3. The van der Waals surface area contributed by atoms with E-state index < -0.39 is 37.5 Å². The maximum atomic E-state index is 13.4. The Kier molecular flexibility index (Phi) is 5.86. The van der Waals surface area contributed by atoms with Crippen molar-refractivity contribution in [1.82, 2.24) is 15.0 Å². The smallest absolute Gasteiger partial charge is 0.346 e. The summed E-state index contributed by atoms with van der Waals surface area (Å²) in [7, 11) is -4.54. The van der Waals surface area contributed by atoms with Crippen molar-refractivity contribution < 1.29 is 26.4 Å². The number of benzene rings is 1. The van der Waals surface area contributed by atoms with Crippen LogP contribution >= 0.6 is 11.6 Å². The highest BCUT2D eigenvalue weighted by atomic mass is 35.5. The number of sulfonamides is 1. The Morgan fingerprint density at radius 2 is 1.85 bits per heavy atom. The van der Waals surface area contributed by atoms with E-state index in [1.165, 1.54) is 31.5 Å². The highest BCUT2D eigenvalue weighted by molar-refractivity contribution is 7.92. The molecule has 0 saturated heterocycles. The van der Waals surface area contributed by atoms with Gasteiger partial charge in [0.1, 0.15) is 11.3 Å². The number of ketones is 1. The number of hydrogen-bond acceptors (Lipinski definition) is 5. The number of carbonyl (C=O) groups excluding carboxylic acids is 1. The van der Waals surface area contributed by atoms with E-state index in [1.807, 2.05) is 0 Å². The van der Waals surface area contributed by atoms with Crippen LogP contribution in [0.3, 0.4) is 0 Å². The zero-order chi connectivity index (χ0) is 24.8. The molecule has 4 aromatic rings. The lowest BCUT2D eigenvalue weighted by atomic mass is 10.0. The van der Waals surface area contributed by atoms with Gasteiger partial charge in [-0.2, -0.15) is 13.2 Å². The van der Waals surface area contributed by atoms with Gasteiger partial charge in [-0.15, -0.1) is 0 Å². The van der Waals surface area contributed by atoms with E-state index >= 15 is 0 Å². The van der Waals surface area contributed by atoms with Crippen LogP contribution in [-0.4, -0.2) is 29.2 Å². The van der Waals surface area contributed by atoms with Crippen LogP contribution in [0.2, 0.25) is 5.02 Å². The summed E-state index contributed by atoms with van der Waals surface area (Å²) in [4.78, 5) is 23.7. The van der Waals surface area contributed by atoms with Crippen LogP contribution in [0.15, 0.2) is 53.8 Å². The molecule has 176 valence electrons. The first-order valence-corrected chi connectivity index (χ1v) is 11.6. The molecule has 7 nitrogen and oxygen atoms in total. The Morgan fingerprint density at radius 1 is 1.12 bits per heavy atom. The molecule has 0 amide bonds. The average molecular weight is 509 g/mol. The van der Waals surface area contributed by atoms with Crippen LogP contribution in [0.4, 0.5) is 18.9 Å². The fourth-order valence-corrected chi connectivity index (χ4v) is 4.80. The summed E-state index contributed by atoms with van der Waals surface area (Å²) in [5.74, 6) is -0.590. The first kappa shape index (κ1) is 23.7. The number of anilines is 1. The van der Waals surface area contributed by atoms with Crippen molar-refractivity contribution in [1.29, 1.82) is 0 Å². The predicted molar refractivity (Wildman–Crippen MR) is 120 cm³/mol. The number of H-pyrrole nitrogens is 1. The van der Waals surface area contributed by atoms with Crippen LogP contribution in [0.25, 0.3) is 11.0 Å². The minimum absolute atomic E-state index is 0.0674. The molecule has 0 bridgehead atoms. The lowest BCUT2D eigenvalue weighted by Gasteiger charge is -2.16. The monoisotopic (exact) mass is 508 g/mol. The zero-order valence-electron chi connectivity index (χ0n) is 17.7. The molecular weight excluding hydrogens is 493 g/mol. The summed E-state index contributed by atoms with van der Waals surface area (Å²) in [5, 5.41) is -0.0837. The minimum Gasteiger partial charge on any atom is -0.346 e. The fourth-order valence-electron chi connectivity index (χ4n) is 3.42. The number of fused-ring (bicyclic) bond motifs is 1. The zero-order valence-corrected chi connectivity index (χ0v) is 19.2. The standard InChI is InChI=1S/C22H16ClF3N4O3S/c1-11-7-17(19(29-10-11)20(31)14-3-5-27-21-15(14)4-6-28-21)30-34(32,33)13-8-12(2)18(23)16(9-13)22(24,25)26/h3-10,30H,1-2H3,(H,27,28). The highest BCUT2D eigenvalue weighted by Gasteiger charge is 2.35. The van der Waals surface area contributed by atoms with Crippen molar-refractivity contribution in [3.05, 3.63) is 81.9 Å². The molecule has 0 fully saturated rings. The number of halogens is 4. The topological polar surface area (TPSA) is 105 Å². The van der Waals surface area contributed by atoms with E-state index in [0.717, 1.165) is 6.07 Å². The summed E-state index contributed by atoms with van der Waals surface area (Å²) in [5.41, 5.74) is -0.529. The summed E-state index contributed by atoms with van der Waals surface area (Å²) < 4.78 is 68.5. The van der Waals surface area contributed by atoms with E-state index in [1.54, 1.807) is 19.2 Å². The molecule has 0 atom stereocenters. The highest BCUT2D eigenvalue weighted by Crippen LogP contribution is 2.38. The second kappa shape index (κ2) is 8.41. The molecule has 0 radical (unpaired) electrons. The molecule has 0 aliphatic carbocycles. The fraction of sp³-hybridized carbons (Fsp3) is 0.136. The van der Waals surface area contributed by atoms with Gasteiger partial charge in [-0.25, -0.2) is 13.4 Å². The molecule has 0 aliphatic rings. The average Bonchev–Trinajstić information content (AvgIpc) is 3.23. The molecule has 3 heterocycles. The molecule has 4 rings (SSSR count). The van der Waals surface area contributed by atoms with Crippen LogP contribution < -0.4 is 4.72 Å². The van der Waals surface area contributed by atoms with Gasteiger partial charge in [-0.1, -0.05) is 11.6 Å². The van der Waals surface area contributed by atoms with E-state index in [9.17, 15) is 26.4 Å². The van der Waals surface area contributed by atoms with Crippen molar-refractivity contribution in [3.63, 3.8) is 0 Å². The molecule has 12 heteroatoms. The minimum atomic E-state index is -4.86. The van der Waals surface area contributed by atoms with Gasteiger partial charge in [0.15, 0.2) is 0 Å². The van der Waals surface area contributed by atoms with Crippen LogP contribution in [-0.2, 0) is 16.2 Å². The lowest BCUT2D eigenvalue weighted by molar-refractivity contribution is -0.137. The van der Waals surface area contributed by atoms with Crippen LogP contribution in [0, 0.1) is 13.8 Å². The Bertz CT molecular complexity index is 1550. The van der Waals surface area contributed by atoms with Gasteiger partial charge in [-0.3, -0.25) is 14.5 Å². The first-order valence-electron chi connectivity index (χ1n) is 9.72. The van der Waals surface area contributed by atoms with Crippen molar-refractivity contribution in [2.24, 2.45) is 0 Å². The Morgan fingerprint density at radius 3 is 2.56 bits per heavy atom. The maximum Gasteiger partial charge on any atom is 0.417 e. The van der Waals surface area contributed by atoms with Gasteiger partial charge >= 0.3 is 6.18 Å². The number of nitrogens with zero attached hydrogens (tertiary/aromatic N) is 2. The summed E-state index contributed by atoms with van der Waals surface area (Å²) in [6.07, 6.45) is -0.460. The van der Waals surface area contributed by atoms with Gasteiger partial charge in [-0.05, 0) is 55.3 Å². The van der Waals surface area contributed by atoms with Gasteiger partial charge in [0.05, 0.1) is 21.2 Å². The van der Waals surface area contributed by atoms with Crippen LogP contribution in [0.5, 0.6) is 0 Å². The van der Waals surface area contributed by atoms with Crippen molar-refractivity contribution in [2.75, 3.05) is 4.72 Å². The second-order valence-electron chi connectivity index (χ2n) is 7.54. The summed E-state index contributed by atoms with van der Waals surface area (Å²) in [6.45, 7) is 2.90. The Labute approximate surface area is 197 Å². The molecule has 0 unspecified atom stereocenters. The van der Waals surface area contributed by atoms with Gasteiger partial charge in [0.25, 0.3) is 10.0 Å². The third-order valence-corrected chi connectivity index (χ3v) is 6.88. The van der Waals surface area contributed by atoms with Crippen LogP contribution in [0.1, 0.15) is 32.7 Å². The number of hydrogen-bond donors (Lipinski definition) is 2. The number of carbonyl (C=O) groups is 1. The Balaban J connectivity index is 1.80. The number of nitrogens with one attached hydrogen (secondary N) is 2. The number of alkyl halides is 3. The van der Waals surface area contributed by atoms with E-state index in [0.29, 0.717) is 22.7 Å². The second-order valence-corrected chi connectivity index (χ2v) is 9.60. The van der Waals surface area contributed by atoms with E-state index in [2.05, 4.69) is 19.7 Å². The molecule has 34 heavy (non-hydrogen) atoms. The predicted octanol–water partition coefficient (Wildman–Crippen LogP) is 5.28. The third-order valence-electron chi connectivity index (χ3n) is 5.03. The van der Waals surface area contributed by atoms with Gasteiger partial charge in [0, 0.05) is 29.5 Å². The van der Waals surface area contributed by atoms with Crippen molar-refractivity contribution >= 4 is 44.1 Å². The number of aryl methyl sites for hydroxylation is 2. The molecular formula is C22H16ClF3N4O3S. The number of rotatable bonds is 5. The summed E-state index contributed by atoms with van der Waals surface area (Å²) >= 11 is 5.76. The summed E-state index contributed by atoms with van der Waals surface area (Å²) in [6, 6.07) is 5.96. The van der Waals surface area contributed by atoms with Gasteiger partial charge in [0.2, 0.25) is 5.78 Å². The molecule has 2 N–H and O–H groups in total. The normalized spacial score (nSPS) is 12.2. The lowest BCUT2D eigenvalue weighted by Crippen LogP contribution is -2.18. The molecule has 0 aliphatic heterocycles. The van der Waals surface area contributed by atoms with Crippen molar-refractivity contribution in [3.8, 4) is 0 Å². The third kappa shape index (κ3) is 4.36. The molecule has 1 aromatic carbocycles. The number of pyridine rings is 2. The maximum absolute atomic E-state index is 13.4. The first-order chi connectivity index (χ1) is 15.9. The van der Waals surface area contributed by atoms with E-state index in [-0.39, 0.29) is 22.5 Å². The quantitative estimate of drug-likeness (QED) is 0.357. The van der Waals surface area contributed by atoms with Gasteiger partial charge < -0.3 is 4.98 Å². The largest absolute Gasteiger partial charge is 0.417 e. The Hall–Kier alpha value is -3.44. The molecule has 0 saturated carbocycles. The number of aromatic amines is 1. The molecule has 0 spiro atoms. The van der Waals surface area contributed by atoms with E-state index in [4.69, 9.17) is 11.6 Å². The van der Waals surface area contributed by atoms with Crippen molar-refractivity contribution in [2.45, 2.75) is 24.9 Å². The molecule has 3 aromatic heterocycles.